The number of benzene rings is 1. The molecule has 1 aromatic carbocycles. The molecule has 148 valence electrons. The summed E-state index contributed by atoms with van der Waals surface area (Å²) in [4.78, 5) is 17.6. The fourth-order valence-corrected chi connectivity index (χ4v) is 3.43. The van der Waals surface area contributed by atoms with Crippen LogP contribution >= 0.6 is 0 Å². The van der Waals surface area contributed by atoms with E-state index in [0.29, 0.717) is 6.54 Å². The SMILES string of the molecule is CCCCCCN(C)C(=O)n1cnc(S(=O)(=O)N(C)c2ccc(F)cc2)n1. The number of anilines is 1. The molecule has 0 radical (unpaired) electrons. The zero-order chi connectivity index (χ0) is 20.0. The summed E-state index contributed by atoms with van der Waals surface area (Å²) in [6.07, 6.45) is 5.17. The van der Waals surface area contributed by atoms with Gasteiger partial charge in [0.1, 0.15) is 12.1 Å². The highest BCUT2D eigenvalue weighted by Gasteiger charge is 2.27. The number of carbonyl (C=O) groups excluding carboxylic acids is 1. The summed E-state index contributed by atoms with van der Waals surface area (Å²) in [5, 5.41) is 3.32. The Balaban J connectivity index is 2.11. The first-order chi connectivity index (χ1) is 12.8. The third-order valence-corrected chi connectivity index (χ3v) is 5.70. The molecule has 0 unspecified atom stereocenters. The first-order valence-corrected chi connectivity index (χ1v) is 10.1. The van der Waals surface area contributed by atoms with E-state index in [1.54, 1.807) is 7.05 Å². The molecule has 10 heteroatoms. The second-order valence-electron chi connectivity index (χ2n) is 6.19. The summed E-state index contributed by atoms with van der Waals surface area (Å²) in [5.74, 6) is -0.473. The zero-order valence-corrected chi connectivity index (χ0v) is 16.5. The van der Waals surface area contributed by atoms with Crippen molar-refractivity contribution in [2.24, 2.45) is 0 Å². The molecule has 2 rings (SSSR count). The highest BCUT2D eigenvalue weighted by Crippen LogP contribution is 2.20. The molecule has 0 atom stereocenters. The van der Waals surface area contributed by atoms with Crippen LogP contribution in [0.3, 0.4) is 0 Å². The van der Waals surface area contributed by atoms with Crippen molar-refractivity contribution in [2.75, 3.05) is 24.9 Å². The molecule has 0 aliphatic heterocycles. The molecule has 0 spiro atoms. The van der Waals surface area contributed by atoms with Crippen LogP contribution in [0.4, 0.5) is 14.9 Å². The van der Waals surface area contributed by atoms with Gasteiger partial charge in [-0.25, -0.2) is 14.2 Å². The molecule has 0 N–H and O–H groups in total. The van der Waals surface area contributed by atoms with Crippen molar-refractivity contribution >= 4 is 21.7 Å². The Bertz CT molecular complexity index is 867. The van der Waals surface area contributed by atoms with Crippen molar-refractivity contribution in [3.8, 4) is 0 Å². The number of unbranched alkanes of at least 4 members (excludes halogenated alkanes) is 3. The largest absolute Gasteiger partial charge is 0.345 e. The highest BCUT2D eigenvalue weighted by molar-refractivity contribution is 7.92. The van der Waals surface area contributed by atoms with E-state index in [0.717, 1.165) is 53.1 Å². The molecule has 0 saturated heterocycles. The Hall–Kier alpha value is -2.49. The normalized spacial score (nSPS) is 11.4. The number of sulfonamides is 1. The number of hydrogen-bond acceptors (Lipinski definition) is 5. The number of aromatic nitrogens is 3. The van der Waals surface area contributed by atoms with Gasteiger partial charge in [-0.15, -0.1) is 5.10 Å². The Morgan fingerprint density at radius 3 is 2.44 bits per heavy atom. The van der Waals surface area contributed by atoms with Crippen LogP contribution in [-0.4, -0.2) is 54.8 Å². The van der Waals surface area contributed by atoms with E-state index in [9.17, 15) is 17.6 Å². The smallest absolute Gasteiger partial charge is 0.326 e. The van der Waals surface area contributed by atoms with Gasteiger partial charge in [0.05, 0.1) is 5.69 Å². The summed E-state index contributed by atoms with van der Waals surface area (Å²) in [5.41, 5.74) is 0.257. The van der Waals surface area contributed by atoms with Gasteiger partial charge >= 0.3 is 16.1 Å². The zero-order valence-electron chi connectivity index (χ0n) is 15.7. The number of halogens is 1. The highest BCUT2D eigenvalue weighted by atomic mass is 32.2. The Morgan fingerprint density at radius 1 is 1.15 bits per heavy atom. The van der Waals surface area contributed by atoms with Gasteiger partial charge in [-0.05, 0) is 30.7 Å². The van der Waals surface area contributed by atoms with Crippen molar-refractivity contribution < 1.29 is 17.6 Å². The molecular weight excluding hydrogens is 373 g/mol. The van der Waals surface area contributed by atoms with E-state index < -0.39 is 27.0 Å². The molecule has 0 aliphatic carbocycles. The lowest BCUT2D eigenvalue weighted by atomic mass is 10.2. The number of rotatable bonds is 8. The predicted molar refractivity (Wildman–Crippen MR) is 99.6 cm³/mol. The molecule has 1 heterocycles. The monoisotopic (exact) mass is 397 g/mol. The van der Waals surface area contributed by atoms with Crippen LogP contribution in [-0.2, 0) is 10.0 Å². The minimum Gasteiger partial charge on any atom is -0.326 e. The van der Waals surface area contributed by atoms with E-state index in [1.165, 1.54) is 24.1 Å². The Kier molecular flexibility index (Phi) is 6.89. The van der Waals surface area contributed by atoms with Crippen molar-refractivity contribution in [1.82, 2.24) is 19.7 Å². The molecule has 0 aliphatic rings. The maximum atomic E-state index is 13.0. The molecule has 27 heavy (non-hydrogen) atoms. The number of amides is 1. The van der Waals surface area contributed by atoms with Crippen LogP contribution in [0.2, 0.25) is 0 Å². The lowest BCUT2D eigenvalue weighted by Gasteiger charge is -2.17. The lowest BCUT2D eigenvalue weighted by Crippen LogP contribution is -2.33. The maximum absolute atomic E-state index is 13.0. The third-order valence-electron chi connectivity index (χ3n) is 4.12. The fourth-order valence-electron chi connectivity index (χ4n) is 2.42. The summed E-state index contributed by atoms with van der Waals surface area (Å²) in [6, 6.07) is 4.53. The van der Waals surface area contributed by atoms with Gasteiger partial charge in [0.15, 0.2) is 0 Å². The van der Waals surface area contributed by atoms with Crippen LogP contribution < -0.4 is 4.31 Å². The van der Waals surface area contributed by atoms with Crippen LogP contribution in [0.5, 0.6) is 0 Å². The second-order valence-corrected chi connectivity index (χ2v) is 8.05. The van der Waals surface area contributed by atoms with Crippen molar-refractivity contribution in [2.45, 2.75) is 37.8 Å². The standard InChI is InChI=1S/C17H24FN5O3S/c1-4-5-6-7-12-21(2)17(24)23-13-19-16(20-23)27(25,26)22(3)15-10-8-14(18)9-11-15/h8-11,13H,4-7,12H2,1-3H3. The molecule has 1 aromatic heterocycles. The molecule has 1 amide bonds. The van der Waals surface area contributed by atoms with Crippen LogP contribution in [0.25, 0.3) is 0 Å². The van der Waals surface area contributed by atoms with Gasteiger partial charge < -0.3 is 4.90 Å². The van der Waals surface area contributed by atoms with Gasteiger partial charge in [0.2, 0.25) is 0 Å². The first kappa shape index (κ1) is 20.8. The van der Waals surface area contributed by atoms with Gasteiger partial charge in [0, 0.05) is 20.6 Å². The summed E-state index contributed by atoms with van der Waals surface area (Å²) < 4.78 is 40.1. The predicted octanol–water partition coefficient (Wildman–Crippen LogP) is 2.72. The summed E-state index contributed by atoms with van der Waals surface area (Å²) in [7, 11) is -1.13. The van der Waals surface area contributed by atoms with Gasteiger partial charge in [-0.1, -0.05) is 26.2 Å². The van der Waals surface area contributed by atoms with Crippen molar-refractivity contribution in [3.63, 3.8) is 0 Å². The van der Waals surface area contributed by atoms with E-state index >= 15 is 0 Å². The fraction of sp³-hybridized carbons (Fsp3) is 0.471. The summed E-state index contributed by atoms with van der Waals surface area (Å²) >= 11 is 0. The molecule has 8 nitrogen and oxygen atoms in total. The molecule has 0 bridgehead atoms. The second kappa shape index (κ2) is 8.94. The van der Waals surface area contributed by atoms with Crippen LogP contribution in [0.15, 0.2) is 35.7 Å². The molecule has 2 aromatic rings. The van der Waals surface area contributed by atoms with Gasteiger partial charge in [-0.3, -0.25) is 4.31 Å². The van der Waals surface area contributed by atoms with Gasteiger partial charge in [-0.2, -0.15) is 13.1 Å². The van der Waals surface area contributed by atoms with E-state index in [2.05, 4.69) is 17.0 Å². The molecule has 0 saturated carbocycles. The number of nitrogens with zero attached hydrogens (tertiary/aromatic N) is 5. The van der Waals surface area contributed by atoms with Crippen LogP contribution in [0.1, 0.15) is 32.6 Å². The van der Waals surface area contributed by atoms with E-state index in [-0.39, 0.29) is 5.69 Å². The van der Waals surface area contributed by atoms with E-state index in [1.807, 2.05) is 0 Å². The quantitative estimate of drug-likeness (QED) is 0.639. The molecular formula is C17H24FN5O3S. The minimum atomic E-state index is -4.07. The van der Waals surface area contributed by atoms with Gasteiger partial charge in [0.25, 0.3) is 5.16 Å². The first-order valence-electron chi connectivity index (χ1n) is 8.69. The number of hydrogen-bond donors (Lipinski definition) is 0. The average molecular weight is 397 g/mol. The van der Waals surface area contributed by atoms with Crippen molar-refractivity contribution in [1.29, 1.82) is 0 Å². The number of carbonyl (C=O) groups is 1. The van der Waals surface area contributed by atoms with Crippen molar-refractivity contribution in [3.05, 3.63) is 36.4 Å². The summed E-state index contributed by atoms with van der Waals surface area (Å²) in [6.45, 7) is 2.66. The van der Waals surface area contributed by atoms with E-state index in [4.69, 9.17) is 0 Å². The van der Waals surface area contributed by atoms with Crippen LogP contribution in [0, 0.1) is 5.82 Å². The Labute approximate surface area is 158 Å². The maximum Gasteiger partial charge on any atom is 0.345 e. The topological polar surface area (TPSA) is 88.4 Å². The molecule has 0 fully saturated rings. The third kappa shape index (κ3) is 5.03. The lowest BCUT2D eigenvalue weighted by molar-refractivity contribution is 0.206. The Morgan fingerprint density at radius 2 is 1.81 bits per heavy atom. The average Bonchev–Trinajstić information content (AvgIpc) is 3.15. The minimum absolute atomic E-state index is 0.257.